The Morgan fingerprint density at radius 3 is 2.72 bits per heavy atom. The van der Waals surface area contributed by atoms with Crippen molar-refractivity contribution in [2.75, 3.05) is 7.11 Å². The summed E-state index contributed by atoms with van der Waals surface area (Å²) in [4.78, 5) is 0. The predicted octanol–water partition coefficient (Wildman–Crippen LogP) is 4.49. The van der Waals surface area contributed by atoms with Crippen molar-refractivity contribution in [2.45, 2.75) is 5.92 Å². The molecule has 3 aromatic rings. The molecule has 0 fully saturated rings. The van der Waals surface area contributed by atoms with E-state index >= 15 is 0 Å². The molecule has 1 N–H and O–H groups in total. The number of rotatable bonds is 2. The van der Waals surface area contributed by atoms with Crippen LogP contribution in [0.25, 0.3) is 10.8 Å². The summed E-state index contributed by atoms with van der Waals surface area (Å²) in [6, 6.07) is 21.9. The second-order valence-corrected chi connectivity index (χ2v) is 6.03. The number of fused-ring (bicyclic) bond motifs is 3. The minimum atomic E-state index is -0.666. The third-order valence-electron chi connectivity index (χ3n) is 4.66. The van der Waals surface area contributed by atoms with Crippen molar-refractivity contribution in [1.29, 1.82) is 10.7 Å². The predicted molar refractivity (Wildman–Crippen MR) is 96.2 cm³/mol. The zero-order valence-corrected chi connectivity index (χ0v) is 13.7. The lowest BCUT2D eigenvalue weighted by Crippen LogP contribution is -2.31. The molecule has 0 aliphatic carbocycles. The van der Waals surface area contributed by atoms with E-state index < -0.39 is 5.92 Å². The van der Waals surface area contributed by atoms with E-state index in [1.807, 2.05) is 60.7 Å². The quantitative estimate of drug-likeness (QED) is 0.753. The van der Waals surface area contributed by atoms with Crippen molar-refractivity contribution in [3.8, 4) is 17.6 Å². The number of nitriles is 1. The van der Waals surface area contributed by atoms with Gasteiger partial charge in [0.1, 0.15) is 17.4 Å². The van der Waals surface area contributed by atoms with Crippen LogP contribution in [0.4, 0.5) is 0 Å². The van der Waals surface area contributed by atoms with Crippen LogP contribution in [0, 0.1) is 22.7 Å². The number of nitrogens with one attached hydrogen (secondary N) is 1. The number of benzene rings is 3. The van der Waals surface area contributed by atoms with Crippen molar-refractivity contribution in [3.05, 3.63) is 71.8 Å². The van der Waals surface area contributed by atoms with E-state index in [1.165, 1.54) is 0 Å². The van der Waals surface area contributed by atoms with Crippen molar-refractivity contribution in [3.63, 3.8) is 0 Å². The molecule has 0 aromatic heterocycles. The normalized spacial score (nSPS) is 19.0. The Morgan fingerprint density at radius 1 is 1.08 bits per heavy atom. The number of ether oxygens (including phenoxy) is 2. The van der Waals surface area contributed by atoms with Gasteiger partial charge in [-0.2, -0.15) is 5.26 Å². The van der Waals surface area contributed by atoms with Gasteiger partial charge in [0.15, 0.2) is 0 Å². The fourth-order valence-corrected chi connectivity index (χ4v) is 3.46. The summed E-state index contributed by atoms with van der Waals surface area (Å²) in [6.45, 7) is 0. The first kappa shape index (κ1) is 15.2. The molecule has 4 rings (SSSR count). The van der Waals surface area contributed by atoms with Crippen LogP contribution in [0.5, 0.6) is 11.5 Å². The van der Waals surface area contributed by atoms with Gasteiger partial charge in [0.25, 0.3) is 0 Å². The molecule has 1 heterocycles. The van der Waals surface area contributed by atoms with Crippen molar-refractivity contribution >= 4 is 16.7 Å². The monoisotopic (exact) mass is 328 g/mol. The molecular formula is C21H16N2O2. The van der Waals surface area contributed by atoms with Gasteiger partial charge in [0, 0.05) is 16.9 Å². The van der Waals surface area contributed by atoms with E-state index in [0.717, 1.165) is 27.6 Å². The Morgan fingerprint density at radius 2 is 1.92 bits per heavy atom. The first-order valence-electron chi connectivity index (χ1n) is 8.04. The molecule has 122 valence electrons. The van der Waals surface area contributed by atoms with Crippen LogP contribution in [0.1, 0.15) is 17.0 Å². The van der Waals surface area contributed by atoms with Crippen LogP contribution < -0.4 is 9.47 Å². The van der Waals surface area contributed by atoms with Crippen LogP contribution in [-0.2, 0) is 0 Å². The summed E-state index contributed by atoms with van der Waals surface area (Å²) in [5.41, 5.74) is 1.87. The molecule has 2 unspecified atom stereocenters. The Balaban J connectivity index is 1.98. The molecule has 0 amide bonds. The molecule has 4 nitrogen and oxygen atoms in total. The second-order valence-electron chi connectivity index (χ2n) is 6.03. The summed E-state index contributed by atoms with van der Waals surface area (Å²) in [6.07, 6.45) is 0. The SMILES string of the molecule is COc1cccc(C2c3ccc4ccccc4c3OC(=N)C2C#N)c1. The van der Waals surface area contributed by atoms with Gasteiger partial charge in [-0.05, 0) is 23.1 Å². The van der Waals surface area contributed by atoms with Gasteiger partial charge < -0.3 is 9.47 Å². The van der Waals surface area contributed by atoms with Gasteiger partial charge in [0.2, 0.25) is 5.90 Å². The topological polar surface area (TPSA) is 66.1 Å². The highest BCUT2D eigenvalue weighted by Gasteiger charge is 2.37. The summed E-state index contributed by atoms with van der Waals surface area (Å²) in [5.74, 6) is 0.456. The van der Waals surface area contributed by atoms with Crippen LogP contribution in [0.15, 0.2) is 60.7 Å². The summed E-state index contributed by atoms with van der Waals surface area (Å²) < 4.78 is 11.1. The lowest BCUT2D eigenvalue weighted by Gasteiger charge is -2.31. The molecular weight excluding hydrogens is 312 g/mol. The molecule has 4 heteroatoms. The molecule has 2 atom stereocenters. The molecule has 25 heavy (non-hydrogen) atoms. The van der Waals surface area contributed by atoms with E-state index in [2.05, 4.69) is 6.07 Å². The zero-order valence-electron chi connectivity index (χ0n) is 13.7. The van der Waals surface area contributed by atoms with Crippen molar-refractivity contribution in [2.24, 2.45) is 5.92 Å². The van der Waals surface area contributed by atoms with Crippen LogP contribution in [-0.4, -0.2) is 13.0 Å². The Hall–Kier alpha value is -3.32. The van der Waals surface area contributed by atoms with Crippen LogP contribution in [0.3, 0.4) is 0 Å². The molecule has 1 aliphatic heterocycles. The maximum atomic E-state index is 9.66. The van der Waals surface area contributed by atoms with Gasteiger partial charge >= 0.3 is 0 Å². The molecule has 0 saturated heterocycles. The molecule has 0 bridgehead atoms. The van der Waals surface area contributed by atoms with Gasteiger partial charge in [-0.15, -0.1) is 0 Å². The minimum Gasteiger partial charge on any atom is -0.497 e. The fraction of sp³-hybridized carbons (Fsp3) is 0.143. The smallest absolute Gasteiger partial charge is 0.205 e. The first-order valence-corrected chi connectivity index (χ1v) is 8.04. The van der Waals surface area contributed by atoms with Gasteiger partial charge in [0.05, 0.1) is 13.2 Å². The summed E-state index contributed by atoms with van der Waals surface area (Å²) in [5, 5.41) is 19.9. The minimum absolute atomic E-state index is 0.0147. The van der Waals surface area contributed by atoms with Gasteiger partial charge in [-0.25, -0.2) is 0 Å². The lowest BCUT2D eigenvalue weighted by atomic mass is 9.78. The highest BCUT2D eigenvalue weighted by molar-refractivity contribution is 5.95. The van der Waals surface area contributed by atoms with Gasteiger partial charge in [-0.3, -0.25) is 5.41 Å². The number of methoxy groups -OCH3 is 1. The highest BCUT2D eigenvalue weighted by atomic mass is 16.5. The Bertz CT molecular complexity index is 1020. The van der Waals surface area contributed by atoms with E-state index in [9.17, 15) is 5.26 Å². The van der Waals surface area contributed by atoms with E-state index in [0.29, 0.717) is 5.75 Å². The highest BCUT2D eigenvalue weighted by Crippen LogP contribution is 2.45. The maximum Gasteiger partial charge on any atom is 0.205 e. The molecule has 0 radical (unpaired) electrons. The molecule has 0 spiro atoms. The van der Waals surface area contributed by atoms with E-state index in [-0.39, 0.29) is 11.8 Å². The lowest BCUT2D eigenvalue weighted by molar-refractivity contribution is 0.412. The maximum absolute atomic E-state index is 9.66. The van der Waals surface area contributed by atoms with Gasteiger partial charge in [-0.1, -0.05) is 48.5 Å². The molecule has 3 aromatic carbocycles. The summed E-state index contributed by atoms with van der Waals surface area (Å²) >= 11 is 0. The third-order valence-corrected chi connectivity index (χ3v) is 4.66. The molecule has 0 saturated carbocycles. The van der Waals surface area contributed by atoms with E-state index in [4.69, 9.17) is 14.9 Å². The molecule has 1 aliphatic rings. The first-order chi connectivity index (χ1) is 12.2. The van der Waals surface area contributed by atoms with Crippen molar-refractivity contribution < 1.29 is 9.47 Å². The standard InChI is InChI=1S/C21H16N2O2/c1-24-15-7-4-6-14(11-15)19-17-10-9-13-5-2-3-8-16(13)20(17)25-21(23)18(19)12-22/h2-11,18-19,23H,1H3. The Labute approximate surface area is 145 Å². The average molecular weight is 328 g/mol. The van der Waals surface area contributed by atoms with Crippen LogP contribution in [0.2, 0.25) is 0 Å². The number of hydrogen-bond donors (Lipinski definition) is 1. The number of nitrogens with zero attached hydrogens (tertiary/aromatic N) is 1. The zero-order chi connectivity index (χ0) is 17.4. The Kier molecular flexibility index (Phi) is 3.62. The average Bonchev–Trinajstić information content (AvgIpc) is 2.67. The van der Waals surface area contributed by atoms with Crippen molar-refractivity contribution in [1.82, 2.24) is 0 Å². The number of hydrogen-bond acceptors (Lipinski definition) is 4. The summed E-state index contributed by atoms with van der Waals surface area (Å²) in [7, 11) is 1.62. The second kappa shape index (κ2) is 5.95. The van der Waals surface area contributed by atoms with E-state index in [1.54, 1.807) is 7.11 Å². The largest absolute Gasteiger partial charge is 0.497 e. The van der Waals surface area contributed by atoms with Crippen LogP contribution >= 0.6 is 0 Å². The fourth-order valence-electron chi connectivity index (χ4n) is 3.46. The third kappa shape index (κ3) is 2.41.